The number of methoxy groups -OCH3 is 1. The summed E-state index contributed by atoms with van der Waals surface area (Å²) in [5, 5.41) is 21.8. The first kappa shape index (κ1) is 28.6. The maximum atomic E-state index is 13.7. The second kappa shape index (κ2) is 14.7. The fraction of sp³-hybridized carbons (Fsp3) is 0.296. The Hall–Kier alpha value is -4.36. The molecule has 2 aromatic heterocycles. The zero-order chi connectivity index (χ0) is 28.2. The number of thiophene rings is 1. The van der Waals surface area contributed by atoms with Crippen LogP contribution in [-0.2, 0) is 4.74 Å². The first-order valence-electron chi connectivity index (χ1n) is 12.6. The van der Waals surface area contributed by atoms with Gasteiger partial charge in [-0.05, 0) is 61.9 Å². The lowest BCUT2D eigenvalue weighted by Crippen LogP contribution is -2.28. The Bertz CT molecular complexity index is 1420. The molecule has 208 valence electrons. The Morgan fingerprint density at radius 2 is 1.68 bits per heavy atom. The number of aryl methyl sites for hydroxylation is 1. The van der Waals surface area contributed by atoms with E-state index in [0.29, 0.717) is 19.7 Å². The van der Waals surface area contributed by atoms with Gasteiger partial charge in [-0.25, -0.2) is 0 Å². The molecule has 0 spiro atoms. The molecule has 0 saturated heterocycles. The fourth-order valence-electron chi connectivity index (χ4n) is 3.50. The molecule has 4 rings (SSSR count). The Kier molecular flexibility index (Phi) is 10.5. The summed E-state index contributed by atoms with van der Waals surface area (Å²) in [5.41, 5.74) is 3.50. The maximum absolute atomic E-state index is 13.7. The van der Waals surface area contributed by atoms with Crippen LogP contribution in [0.5, 0.6) is 6.01 Å². The number of rotatable bonds is 14. The molecular weight excluding hydrogens is 533 g/mol. The van der Waals surface area contributed by atoms with E-state index in [1.54, 1.807) is 7.11 Å². The number of likely N-dealkylation sites (N-methyl/N-ethyl adjacent to an activating group) is 1. The van der Waals surface area contributed by atoms with Crippen LogP contribution in [0.3, 0.4) is 0 Å². The SMILES string of the molecule is CCN(CCOc1nc(F)nc(NCCOC)n1)c1ccc(N=Nc2sc(N=Nc3ccccc3)cc2C)cc1. The number of aromatic nitrogens is 3. The molecule has 0 unspecified atom stereocenters. The van der Waals surface area contributed by atoms with Crippen molar-refractivity contribution in [3.63, 3.8) is 0 Å². The first-order valence-corrected chi connectivity index (χ1v) is 13.5. The van der Waals surface area contributed by atoms with E-state index in [4.69, 9.17) is 9.47 Å². The van der Waals surface area contributed by atoms with E-state index < -0.39 is 6.08 Å². The van der Waals surface area contributed by atoms with Gasteiger partial charge in [-0.2, -0.15) is 14.4 Å². The zero-order valence-electron chi connectivity index (χ0n) is 22.5. The Morgan fingerprint density at radius 1 is 0.925 bits per heavy atom. The first-order chi connectivity index (χ1) is 19.5. The molecule has 40 heavy (non-hydrogen) atoms. The number of benzene rings is 2. The number of nitrogens with one attached hydrogen (secondary N) is 1. The highest BCUT2D eigenvalue weighted by Crippen LogP contribution is 2.37. The summed E-state index contributed by atoms with van der Waals surface area (Å²) in [6.45, 7) is 6.44. The standard InChI is InChI=1S/C27H30FN9O2S/c1-4-37(15-17-39-27-31-25(28)30-26(32-27)29-14-16-38-3)22-12-10-21(11-13-22)34-36-24-19(2)18-23(40-24)35-33-20-8-6-5-7-9-20/h5-13,18H,4,14-17H2,1-3H3,(H,29,30,31,32). The van der Waals surface area contributed by atoms with Crippen LogP contribution < -0.4 is 15.0 Å². The van der Waals surface area contributed by atoms with Gasteiger partial charge < -0.3 is 19.7 Å². The average Bonchev–Trinajstić information content (AvgIpc) is 3.33. The molecule has 0 saturated carbocycles. The Morgan fingerprint density at radius 3 is 2.42 bits per heavy atom. The molecule has 1 N–H and O–H groups in total. The molecule has 2 heterocycles. The lowest BCUT2D eigenvalue weighted by Gasteiger charge is -2.22. The molecule has 4 aromatic rings. The van der Waals surface area contributed by atoms with Gasteiger partial charge in [0.25, 0.3) is 0 Å². The number of hydrogen-bond acceptors (Lipinski definition) is 12. The normalized spacial score (nSPS) is 11.4. The van der Waals surface area contributed by atoms with Crippen molar-refractivity contribution in [1.29, 1.82) is 0 Å². The number of hydrogen-bond donors (Lipinski definition) is 1. The smallest absolute Gasteiger partial charge is 0.323 e. The monoisotopic (exact) mass is 563 g/mol. The number of anilines is 2. The van der Waals surface area contributed by atoms with Crippen LogP contribution in [0.4, 0.5) is 37.4 Å². The molecule has 0 aliphatic heterocycles. The van der Waals surface area contributed by atoms with Gasteiger partial charge in [0.15, 0.2) is 0 Å². The average molecular weight is 564 g/mol. The summed E-state index contributed by atoms with van der Waals surface area (Å²) < 4.78 is 24.3. The fourth-order valence-corrected chi connectivity index (χ4v) is 4.31. The number of ether oxygens (including phenoxy) is 2. The number of halogens is 1. The second-order valence-electron chi connectivity index (χ2n) is 8.38. The highest BCUT2D eigenvalue weighted by molar-refractivity contribution is 7.19. The van der Waals surface area contributed by atoms with Gasteiger partial charge in [0.1, 0.15) is 16.6 Å². The van der Waals surface area contributed by atoms with Gasteiger partial charge in [0, 0.05) is 25.9 Å². The van der Waals surface area contributed by atoms with Crippen LogP contribution in [0.25, 0.3) is 0 Å². The maximum Gasteiger partial charge on any atom is 0.323 e. The lowest BCUT2D eigenvalue weighted by atomic mass is 10.2. The van der Waals surface area contributed by atoms with Crippen LogP contribution in [0.2, 0.25) is 0 Å². The molecule has 0 bridgehead atoms. The third-order valence-corrected chi connectivity index (χ3v) is 6.53. The predicted molar refractivity (Wildman–Crippen MR) is 154 cm³/mol. The largest absolute Gasteiger partial charge is 0.461 e. The minimum Gasteiger partial charge on any atom is -0.461 e. The van der Waals surface area contributed by atoms with Crippen molar-refractivity contribution < 1.29 is 13.9 Å². The highest BCUT2D eigenvalue weighted by atomic mass is 32.1. The van der Waals surface area contributed by atoms with Gasteiger partial charge in [0.2, 0.25) is 5.95 Å². The predicted octanol–water partition coefficient (Wildman–Crippen LogP) is 7.18. The quantitative estimate of drug-likeness (QED) is 0.127. The van der Waals surface area contributed by atoms with Gasteiger partial charge in [0.05, 0.1) is 24.5 Å². The minimum atomic E-state index is -0.910. The van der Waals surface area contributed by atoms with Crippen LogP contribution >= 0.6 is 11.3 Å². The molecular formula is C27H30FN9O2S. The summed E-state index contributed by atoms with van der Waals surface area (Å²) in [4.78, 5) is 13.4. The van der Waals surface area contributed by atoms with Crippen molar-refractivity contribution in [2.75, 3.05) is 50.2 Å². The van der Waals surface area contributed by atoms with Crippen molar-refractivity contribution in [2.45, 2.75) is 13.8 Å². The van der Waals surface area contributed by atoms with E-state index in [2.05, 4.69) is 45.6 Å². The van der Waals surface area contributed by atoms with Crippen LogP contribution in [-0.4, -0.2) is 54.9 Å². The van der Waals surface area contributed by atoms with E-state index in [9.17, 15) is 4.39 Å². The van der Waals surface area contributed by atoms with Gasteiger partial charge in [-0.15, -0.1) is 25.4 Å². The topological polar surface area (TPSA) is 122 Å². The lowest BCUT2D eigenvalue weighted by molar-refractivity contribution is 0.210. The molecule has 0 atom stereocenters. The molecule has 0 aliphatic rings. The molecule has 0 aliphatic carbocycles. The Labute approximate surface area is 235 Å². The van der Waals surface area contributed by atoms with E-state index in [-0.39, 0.29) is 18.6 Å². The minimum absolute atomic E-state index is 0.0761. The van der Waals surface area contributed by atoms with E-state index >= 15 is 0 Å². The van der Waals surface area contributed by atoms with E-state index in [1.165, 1.54) is 11.3 Å². The summed E-state index contributed by atoms with van der Waals surface area (Å²) in [5.74, 6) is 0.0993. The third-order valence-electron chi connectivity index (χ3n) is 5.52. The van der Waals surface area contributed by atoms with E-state index in [1.807, 2.05) is 74.5 Å². The summed E-state index contributed by atoms with van der Waals surface area (Å²) >= 11 is 1.43. The molecule has 0 amide bonds. The summed E-state index contributed by atoms with van der Waals surface area (Å²) in [6.07, 6.45) is -0.910. The van der Waals surface area contributed by atoms with Crippen LogP contribution in [0.1, 0.15) is 12.5 Å². The summed E-state index contributed by atoms with van der Waals surface area (Å²) in [6, 6.07) is 19.2. The van der Waals surface area contributed by atoms with Crippen molar-refractivity contribution in [3.05, 3.63) is 72.3 Å². The molecule has 0 radical (unpaired) electrons. The second-order valence-corrected chi connectivity index (χ2v) is 9.39. The number of nitrogens with zero attached hydrogens (tertiary/aromatic N) is 8. The van der Waals surface area contributed by atoms with Gasteiger partial charge in [-0.1, -0.05) is 29.5 Å². The van der Waals surface area contributed by atoms with Crippen molar-refractivity contribution in [2.24, 2.45) is 20.5 Å². The van der Waals surface area contributed by atoms with Crippen molar-refractivity contribution in [1.82, 2.24) is 15.0 Å². The Balaban J connectivity index is 1.31. The van der Waals surface area contributed by atoms with Crippen molar-refractivity contribution in [3.8, 4) is 6.01 Å². The van der Waals surface area contributed by atoms with Gasteiger partial charge in [-0.3, -0.25) is 0 Å². The van der Waals surface area contributed by atoms with Crippen molar-refractivity contribution >= 4 is 44.3 Å². The van der Waals surface area contributed by atoms with Crippen LogP contribution in [0, 0.1) is 13.0 Å². The number of azo groups is 2. The zero-order valence-corrected chi connectivity index (χ0v) is 23.3. The van der Waals surface area contributed by atoms with Gasteiger partial charge >= 0.3 is 12.1 Å². The van der Waals surface area contributed by atoms with Crippen LogP contribution in [0.15, 0.2) is 81.1 Å². The third kappa shape index (κ3) is 8.58. The molecule has 13 heteroatoms. The van der Waals surface area contributed by atoms with E-state index in [0.717, 1.165) is 39.2 Å². The highest BCUT2D eigenvalue weighted by Gasteiger charge is 2.10. The summed E-state index contributed by atoms with van der Waals surface area (Å²) in [7, 11) is 1.57. The molecule has 11 nitrogen and oxygen atoms in total. The molecule has 0 fully saturated rings. The molecule has 2 aromatic carbocycles.